The van der Waals surface area contributed by atoms with Crippen LogP contribution >= 0.6 is 22.7 Å². The molecule has 1 N–H and O–H groups in total. The number of carbonyl (C=O) groups excluding carboxylic acids is 1. The van der Waals surface area contributed by atoms with Crippen LogP contribution in [0.2, 0.25) is 0 Å². The van der Waals surface area contributed by atoms with E-state index in [4.69, 9.17) is 0 Å². The molecule has 3 heterocycles. The van der Waals surface area contributed by atoms with Gasteiger partial charge in [-0.3, -0.25) is 20.1 Å². The van der Waals surface area contributed by atoms with Crippen molar-refractivity contribution < 1.29 is 4.79 Å². The number of aryl methyl sites for hydroxylation is 1. The van der Waals surface area contributed by atoms with E-state index in [2.05, 4.69) is 20.3 Å². The van der Waals surface area contributed by atoms with Gasteiger partial charge in [0.2, 0.25) is 0 Å². The molecule has 0 fully saturated rings. The first-order valence-electron chi connectivity index (χ1n) is 5.81. The zero-order chi connectivity index (χ0) is 13.9. The summed E-state index contributed by atoms with van der Waals surface area (Å²) < 4.78 is 0. The Morgan fingerprint density at radius 2 is 2.20 bits per heavy atom. The molecular weight excluding hydrogens is 292 g/mol. The fourth-order valence-electron chi connectivity index (χ4n) is 1.69. The SMILES string of the molecule is Cc1cnc(NC(=O)c2cccnc2-c2cncs2)s1. The van der Waals surface area contributed by atoms with Gasteiger partial charge in [0.1, 0.15) is 0 Å². The van der Waals surface area contributed by atoms with Crippen LogP contribution in [0.1, 0.15) is 15.2 Å². The Labute approximate surface area is 123 Å². The monoisotopic (exact) mass is 302 g/mol. The highest BCUT2D eigenvalue weighted by atomic mass is 32.1. The first kappa shape index (κ1) is 12.9. The van der Waals surface area contributed by atoms with Crippen molar-refractivity contribution in [2.24, 2.45) is 0 Å². The van der Waals surface area contributed by atoms with Crippen LogP contribution in [-0.2, 0) is 0 Å². The molecule has 0 spiro atoms. The quantitative estimate of drug-likeness (QED) is 0.806. The summed E-state index contributed by atoms with van der Waals surface area (Å²) in [6, 6.07) is 3.49. The van der Waals surface area contributed by atoms with E-state index in [0.29, 0.717) is 16.4 Å². The van der Waals surface area contributed by atoms with E-state index in [0.717, 1.165) is 9.75 Å². The van der Waals surface area contributed by atoms with Crippen molar-refractivity contribution in [3.63, 3.8) is 0 Å². The van der Waals surface area contributed by atoms with Crippen molar-refractivity contribution in [2.45, 2.75) is 6.92 Å². The van der Waals surface area contributed by atoms with Crippen LogP contribution in [0.3, 0.4) is 0 Å². The molecule has 100 valence electrons. The van der Waals surface area contributed by atoms with Gasteiger partial charge in [0.25, 0.3) is 5.91 Å². The van der Waals surface area contributed by atoms with Gasteiger partial charge in [0.05, 0.1) is 21.6 Å². The molecule has 0 saturated carbocycles. The maximum atomic E-state index is 12.3. The van der Waals surface area contributed by atoms with Crippen molar-refractivity contribution in [3.8, 4) is 10.6 Å². The van der Waals surface area contributed by atoms with E-state index in [1.807, 2.05) is 6.92 Å². The zero-order valence-electron chi connectivity index (χ0n) is 10.5. The average Bonchev–Trinajstić information content (AvgIpc) is 3.10. The van der Waals surface area contributed by atoms with Crippen LogP contribution in [0.4, 0.5) is 5.13 Å². The summed E-state index contributed by atoms with van der Waals surface area (Å²) in [5.41, 5.74) is 2.88. The number of thiazole rings is 2. The molecule has 7 heteroatoms. The van der Waals surface area contributed by atoms with E-state index < -0.39 is 0 Å². The fourth-order valence-corrected chi connectivity index (χ4v) is 2.99. The molecule has 3 rings (SSSR count). The predicted molar refractivity (Wildman–Crippen MR) is 80.1 cm³/mol. The number of hydrogen-bond acceptors (Lipinski definition) is 6. The standard InChI is InChI=1S/C13H10N4OS2/c1-8-5-16-13(20-8)17-12(18)9-3-2-4-15-11(9)10-6-14-7-19-10/h2-7H,1H3,(H,16,17,18). The molecule has 1 amide bonds. The summed E-state index contributed by atoms with van der Waals surface area (Å²) in [5, 5.41) is 3.38. The normalized spacial score (nSPS) is 10.4. The van der Waals surface area contributed by atoms with E-state index >= 15 is 0 Å². The highest BCUT2D eigenvalue weighted by Gasteiger charge is 2.15. The number of nitrogens with zero attached hydrogens (tertiary/aromatic N) is 3. The van der Waals surface area contributed by atoms with E-state index in [1.54, 1.807) is 36.2 Å². The largest absolute Gasteiger partial charge is 0.298 e. The number of anilines is 1. The summed E-state index contributed by atoms with van der Waals surface area (Å²) in [5.74, 6) is -0.212. The van der Waals surface area contributed by atoms with Gasteiger partial charge < -0.3 is 0 Å². The topological polar surface area (TPSA) is 67.8 Å². The number of amides is 1. The maximum absolute atomic E-state index is 12.3. The van der Waals surface area contributed by atoms with Gasteiger partial charge in [-0.05, 0) is 19.1 Å². The third-order valence-electron chi connectivity index (χ3n) is 2.56. The smallest absolute Gasteiger partial charge is 0.259 e. The Bertz CT molecular complexity index is 736. The van der Waals surface area contributed by atoms with Gasteiger partial charge in [-0.25, -0.2) is 4.98 Å². The predicted octanol–water partition coefficient (Wildman–Crippen LogP) is 3.22. The lowest BCUT2D eigenvalue weighted by molar-refractivity contribution is 0.102. The Balaban J connectivity index is 1.92. The van der Waals surface area contributed by atoms with Crippen LogP contribution in [0.15, 0.2) is 36.2 Å². The van der Waals surface area contributed by atoms with Crippen molar-refractivity contribution >= 4 is 33.7 Å². The lowest BCUT2D eigenvalue weighted by Gasteiger charge is -2.05. The Morgan fingerprint density at radius 3 is 2.90 bits per heavy atom. The second kappa shape index (κ2) is 5.48. The molecule has 0 unspecified atom stereocenters. The van der Waals surface area contributed by atoms with Crippen LogP contribution in [0.5, 0.6) is 0 Å². The van der Waals surface area contributed by atoms with E-state index in [-0.39, 0.29) is 5.91 Å². The second-order valence-electron chi connectivity index (χ2n) is 4.00. The van der Waals surface area contributed by atoms with E-state index in [9.17, 15) is 4.79 Å². The summed E-state index contributed by atoms with van der Waals surface area (Å²) in [6.07, 6.45) is 5.10. The van der Waals surface area contributed by atoms with Crippen LogP contribution in [-0.4, -0.2) is 20.9 Å². The molecule has 3 aromatic rings. The Hall–Kier alpha value is -2.12. The number of hydrogen-bond donors (Lipinski definition) is 1. The second-order valence-corrected chi connectivity index (χ2v) is 6.12. The molecule has 0 aliphatic heterocycles. The fraction of sp³-hybridized carbons (Fsp3) is 0.0769. The van der Waals surface area contributed by atoms with Crippen molar-refractivity contribution in [2.75, 3.05) is 5.32 Å². The van der Waals surface area contributed by atoms with Crippen LogP contribution in [0.25, 0.3) is 10.6 Å². The molecule has 0 aromatic carbocycles. The molecule has 0 aliphatic rings. The molecule has 20 heavy (non-hydrogen) atoms. The van der Waals surface area contributed by atoms with Gasteiger partial charge in [-0.15, -0.1) is 22.7 Å². The summed E-state index contributed by atoms with van der Waals surface area (Å²) >= 11 is 2.89. The minimum atomic E-state index is -0.212. The first-order chi connectivity index (χ1) is 9.74. The summed E-state index contributed by atoms with van der Waals surface area (Å²) in [7, 11) is 0. The lowest BCUT2D eigenvalue weighted by Crippen LogP contribution is -2.13. The van der Waals surface area contributed by atoms with Crippen LogP contribution < -0.4 is 5.32 Å². The summed E-state index contributed by atoms with van der Waals surface area (Å²) in [6.45, 7) is 1.94. The Kier molecular flexibility index (Phi) is 3.53. The van der Waals surface area contributed by atoms with Gasteiger partial charge in [0, 0.05) is 23.5 Å². The third-order valence-corrected chi connectivity index (χ3v) is 4.17. The number of carbonyl (C=O) groups is 1. The maximum Gasteiger partial charge on any atom is 0.259 e. The first-order valence-corrected chi connectivity index (χ1v) is 7.51. The molecule has 3 aromatic heterocycles. The van der Waals surface area contributed by atoms with Crippen molar-refractivity contribution in [1.29, 1.82) is 0 Å². The molecule has 5 nitrogen and oxygen atoms in total. The van der Waals surface area contributed by atoms with Gasteiger partial charge in [0.15, 0.2) is 5.13 Å². The molecule has 0 radical (unpaired) electrons. The van der Waals surface area contributed by atoms with Crippen molar-refractivity contribution in [3.05, 3.63) is 46.7 Å². The average molecular weight is 302 g/mol. The van der Waals surface area contributed by atoms with Gasteiger partial charge >= 0.3 is 0 Å². The highest BCUT2D eigenvalue weighted by Crippen LogP contribution is 2.25. The highest BCUT2D eigenvalue weighted by molar-refractivity contribution is 7.15. The zero-order valence-corrected chi connectivity index (χ0v) is 12.2. The molecular formula is C13H10N4OS2. The number of pyridine rings is 1. The van der Waals surface area contributed by atoms with Gasteiger partial charge in [-0.1, -0.05) is 0 Å². The third kappa shape index (κ3) is 2.59. The van der Waals surface area contributed by atoms with Gasteiger partial charge in [-0.2, -0.15) is 0 Å². The summed E-state index contributed by atoms with van der Waals surface area (Å²) in [4.78, 5) is 26.7. The molecule has 0 atom stereocenters. The number of nitrogens with one attached hydrogen (secondary N) is 1. The number of rotatable bonds is 3. The Morgan fingerprint density at radius 1 is 1.30 bits per heavy atom. The minimum Gasteiger partial charge on any atom is -0.298 e. The van der Waals surface area contributed by atoms with Crippen molar-refractivity contribution in [1.82, 2.24) is 15.0 Å². The number of aromatic nitrogens is 3. The minimum absolute atomic E-state index is 0.212. The lowest BCUT2D eigenvalue weighted by atomic mass is 10.1. The van der Waals surface area contributed by atoms with E-state index in [1.165, 1.54) is 22.7 Å². The molecule has 0 aliphatic carbocycles. The molecule has 0 saturated heterocycles. The van der Waals surface area contributed by atoms with Crippen LogP contribution in [0, 0.1) is 6.92 Å². The molecule has 0 bridgehead atoms.